The maximum atomic E-state index is 10.2. The molecule has 0 unspecified atom stereocenters. The highest BCUT2D eigenvalue weighted by Gasteiger charge is 2.10. The SMILES string of the molecule is CN(C)C.Cn1nc(N)c(O)c1C=O. The molecule has 0 aliphatic carbocycles. The molecule has 1 heterocycles. The van der Waals surface area contributed by atoms with Crippen LogP contribution in [0.5, 0.6) is 5.75 Å². The van der Waals surface area contributed by atoms with Crippen molar-refractivity contribution in [1.82, 2.24) is 14.7 Å². The molecule has 1 rings (SSSR count). The molecule has 0 saturated heterocycles. The van der Waals surface area contributed by atoms with E-state index in [4.69, 9.17) is 10.8 Å². The van der Waals surface area contributed by atoms with E-state index in [1.54, 1.807) is 0 Å². The van der Waals surface area contributed by atoms with Crippen molar-refractivity contribution in [3.8, 4) is 5.75 Å². The summed E-state index contributed by atoms with van der Waals surface area (Å²) < 4.78 is 1.22. The van der Waals surface area contributed by atoms with Gasteiger partial charge in [0.2, 0.25) is 0 Å². The molecule has 0 radical (unpaired) electrons. The lowest BCUT2D eigenvalue weighted by Gasteiger charge is -1.90. The summed E-state index contributed by atoms with van der Waals surface area (Å²) in [5.74, 6) is -0.276. The van der Waals surface area contributed by atoms with Crippen LogP contribution >= 0.6 is 0 Å². The van der Waals surface area contributed by atoms with Gasteiger partial charge in [-0.15, -0.1) is 0 Å². The number of nitrogens with zero attached hydrogens (tertiary/aromatic N) is 3. The van der Waals surface area contributed by atoms with E-state index in [-0.39, 0.29) is 17.3 Å². The molecule has 1 aromatic rings. The molecule has 0 aromatic carbocycles. The van der Waals surface area contributed by atoms with Gasteiger partial charge in [-0.2, -0.15) is 5.10 Å². The van der Waals surface area contributed by atoms with Gasteiger partial charge in [-0.1, -0.05) is 0 Å². The second-order valence-electron chi connectivity index (χ2n) is 3.20. The third-order valence-corrected chi connectivity index (χ3v) is 1.20. The topological polar surface area (TPSA) is 84.4 Å². The number of aromatic hydroxyl groups is 1. The number of carbonyl (C=O) groups is 1. The van der Waals surface area contributed by atoms with Crippen molar-refractivity contribution < 1.29 is 9.90 Å². The van der Waals surface area contributed by atoms with E-state index in [9.17, 15) is 4.79 Å². The number of rotatable bonds is 1. The van der Waals surface area contributed by atoms with Gasteiger partial charge < -0.3 is 15.7 Å². The van der Waals surface area contributed by atoms with Gasteiger partial charge in [0.25, 0.3) is 0 Å². The van der Waals surface area contributed by atoms with Crippen LogP contribution < -0.4 is 5.73 Å². The van der Waals surface area contributed by atoms with E-state index >= 15 is 0 Å². The van der Waals surface area contributed by atoms with Crippen molar-refractivity contribution >= 4 is 12.1 Å². The van der Waals surface area contributed by atoms with Gasteiger partial charge in [-0.05, 0) is 21.1 Å². The summed E-state index contributed by atoms with van der Waals surface area (Å²) in [6.07, 6.45) is 0.499. The minimum absolute atomic E-state index is 0.0235. The monoisotopic (exact) mass is 200 g/mol. The van der Waals surface area contributed by atoms with Crippen molar-refractivity contribution in [3.63, 3.8) is 0 Å². The normalized spacial score (nSPS) is 9.50. The summed E-state index contributed by atoms with van der Waals surface area (Å²) in [7, 11) is 7.53. The van der Waals surface area contributed by atoms with E-state index in [0.29, 0.717) is 6.29 Å². The Morgan fingerprint density at radius 2 is 1.93 bits per heavy atom. The number of nitrogen functional groups attached to an aromatic ring is 1. The minimum Gasteiger partial charge on any atom is -0.503 e. The summed E-state index contributed by atoms with van der Waals surface area (Å²) >= 11 is 0. The van der Waals surface area contributed by atoms with E-state index in [0.717, 1.165) is 0 Å². The number of aldehydes is 1. The van der Waals surface area contributed by atoms with Crippen LogP contribution in [0.1, 0.15) is 10.5 Å². The van der Waals surface area contributed by atoms with Crippen molar-refractivity contribution in [2.45, 2.75) is 0 Å². The number of aromatic nitrogens is 2. The summed E-state index contributed by atoms with van der Waals surface area (Å²) in [4.78, 5) is 12.2. The Bertz CT molecular complexity index is 304. The fraction of sp³-hybridized carbons (Fsp3) is 0.500. The van der Waals surface area contributed by atoms with Crippen LogP contribution in [0.2, 0.25) is 0 Å². The van der Waals surface area contributed by atoms with Crippen molar-refractivity contribution in [3.05, 3.63) is 5.69 Å². The third kappa shape index (κ3) is 3.44. The average Bonchev–Trinajstić information content (AvgIpc) is 2.25. The number of anilines is 1. The van der Waals surface area contributed by atoms with Gasteiger partial charge in [0, 0.05) is 7.05 Å². The molecule has 80 valence electrons. The molecular weight excluding hydrogens is 184 g/mol. The van der Waals surface area contributed by atoms with Gasteiger partial charge in [-0.3, -0.25) is 9.48 Å². The lowest BCUT2D eigenvalue weighted by atomic mass is 10.4. The van der Waals surface area contributed by atoms with Crippen LogP contribution in [0.25, 0.3) is 0 Å². The summed E-state index contributed by atoms with van der Waals surface area (Å²) in [5.41, 5.74) is 5.27. The van der Waals surface area contributed by atoms with Crippen LogP contribution in [0, 0.1) is 0 Å². The standard InChI is InChI=1S/C5H7N3O2.C3H9N/c1-8-3(2-9)4(10)5(6)7-8;1-4(2)3/h2,10H,1H3,(H2,6,7);1-3H3. The van der Waals surface area contributed by atoms with Crippen LogP contribution in [0.3, 0.4) is 0 Å². The predicted molar refractivity (Wildman–Crippen MR) is 54.3 cm³/mol. The second-order valence-corrected chi connectivity index (χ2v) is 3.20. The van der Waals surface area contributed by atoms with Crippen LogP contribution in [0.15, 0.2) is 0 Å². The zero-order valence-electron chi connectivity index (χ0n) is 8.85. The van der Waals surface area contributed by atoms with Crippen LogP contribution in [-0.4, -0.2) is 47.2 Å². The van der Waals surface area contributed by atoms with Gasteiger partial charge in [-0.25, -0.2) is 0 Å². The van der Waals surface area contributed by atoms with Gasteiger partial charge in [0.05, 0.1) is 0 Å². The van der Waals surface area contributed by atoms with Gasteiger partial charge >= 0.3 is 0 Å². The molecule has 0 bridgehead atoms. The molecular formula is C8H16N4O2. The van der Waals surface area contributed by atoms with E-state index in [1.165, 1.54) is 11.7 Å². The highest BCUT2D eigenvalue weighted by Crippen LogP contribution is 2.20. The first-order chi connectivity index (χ1) is 6.40. The Hall–Kier alpha value is -1.56. The molecule has 0 amide bonds. The maximum Gasteiger partial charge on any atom is 0.188 e. The Kier molecular flexibility index (Phi) is 4.65. The number of hydrogen-bond acceptors (Lipinski definition) is 5. The number of carbonyl (C=O) groups excluding carboxylic acids is 1. The van der Waals surface area contributed by atoms with Gasteiger partial charge in [0.1, 0.15) is 5.69 Å². The first kappa shape index (κ1) is 12.4. The number of aryl methyl sites for hydroxylation is 1. The smallest absolute Gasteiger partial charge is 0.188 e. The Morgan fingerprint density at radius 1 is 1.50 bits per heavy atom. The molecule has 0 spiro atoms. The highest BCUT2D eigenvalue weighted by atomic mass is 16.3. The fourth-order valence-corrected chi connectivity index (χ4v) is 0.679. The van der Waals surface area contributed by atoms with Gasteiger partial charge in [0.15, 0.2) is 17.9 Å². The number of hydrogen-bond donors (Lipinski definition) is 2. The molecule has 6 nitrogen and oxygen atoms in total. The molecule has 0 fully saturated rings. The Balaban J connectivity index is 0.000000364. The quantitative estimate of drug-likeness (QED) is 0.608. The zero-order valence-corrected chi connectivity index (χ0v) is 8.85. The lowest BCUT2D eigenvalue weighted by Crippen LogP contribution is -1.99. The Morgan fingerprint density at radius 3 is 2.07 bits per heavy atom. The first-order valence-electron chi connectivity index (χ1n) is 3.97. The molecule has 1 aromatic heterocycles. The van der Waals surface area contributed by atoms with Crippen LogP contribution in [0.4, 0.5) is 5.82 Å². The largest absolute Gasteiger partial charge is 0.503 e. The molecule has 0 atom stereocenters. The average molecular weight is 200 g/mol. The highest BCUT2D eigenvalue weighted by molar-refractivity contribution is 5.79. The molecule has 14 heavy (non-hydrogen) atoms. The van der Waals surface area contributed by atoms with E-state index in [1.807, 2.05) is 26.0 Å². The number of nitrogens with two attached hydrogens (primary N) is 1. The van der Waals surface area contributed by atoms with Crippen molar-refractivity contribution in [2.24, 2.45) is 7.05 Å². The second kappa shape index (κ2) is 5.23. The van der Waals surface area contributed by atoms with Crippen LogP contribution in [-0.2, 0) is 7.05 Å². The Labute approximate surface area is 82.9 Å². The molecule has 3 N–H and O–H groups in total. The first-order valence-corrected chi connectivity index (χ1v) is 3.97. The molecule has 0 aliphatic heterocycles. The third-order valence-electron chi connectivity index (χ3n) is 1.20. The molecule has 0 saturated carbocycles. The van der Waals surface area contributed by atoms with Crippen molar-refractivity contribution in [1.29, 1.82) is 0 Å². The minimum atomic E-state index is -0.252. The lowest BCUT2D eigenvalue weighted by molar-refractivity contribution is 0.111. The maximum absolute atomic E-state index is 10.2. The summed E-state index contributed by atoms with van der Waals surface area (Å²) in [6.45, 7) is 0. The molecule has 0 aliphatic rings. The van der Waals surface area contributed by atoms with E-state index < -0.39 is 0 Å². The van der Waals surface area contributed by atoms with E-state index in [2.05, 4.69) is 5.10 Å². The van der Waals surface area contributed by atoms with Crippen molar-refractivity contribution in [2.75, 3.05) is 26.9 Å². The summed E-state index contributed by atoms with van der Waals surface area (Å²) in [5, 5.41) is 12.6. The zero-order chi connectivity index (χ0) is 11.3. The fourth-order valence-electron chi connectivity index (χ4n) is 0.679. The predicted octanol–water partition coefficient (Wildman–Crippen LogP) is -0.302. The summed E-state index contributed by atoms with van der Waals surface area (Å²) in [6, 6.07) is 0. The molecule has 6 heteroatoms.